The molecule has 2 unspecified atom stereocenters. The Bertz CT molecular complexity index is 1200. The standard InChI is InChI=1S/C24H21FN2O4/c1-24(2,3)17(12-20-22(29)27-23(30)31-20)15-9-10-19(26-21(15)28)14-8-7-13-5-4-6-18(25)16(13)11-14/h4-12,15,17H,1-3H3,(H,27,29,30)/b20-12+. The van der Waals surface area contributed by atoms with E-state index in [1.54, 1.807) is 36.4 Å². The Morgan fingerprint density at radius 2 is 1.94 bits per heavy atom. The molecule has 1 N–H and O–H groups in total. The average Bonchev–Trinajstić information content (AvgIpc) is 3.02. The Hall–Kier alpha value is -3.61. The smallest absolute Gasteiger partial charge is 0.404 e. The molecule has 1 fully saturated rings. The number of carbonyl (C=O) groups is 3. The number of aliphatic imine (C=N–C) groups is 1. The number of halogens is 1. The van der Waals surface area contributed by atoms with Crippen molar-refractivity contribution in [2.45, 2.75) is 20.8 Å². The number of nitrogens with one attached hydrogen (secondary N) is 1. The molecule has 2 atom stereocenters. The Balaban J connectivity index is 1.66. The highest BCUT2D eigenvalue weighted by molar-refractivity contribution is 6.16. The van der Waals surface area contributed by atoms with Gasteiger partial charge in [-0.25, -0.2) is 14.2 Å². The van der Waals surface area contributed by atoms with Gasteiger partial charge in [0.1, 0.15) is 5.82 Å². The van der Waals surface area contributed by atoms with Gasteiger partial charge in [0, 0.05) is 16.9 Å². The summed E-state index contributed by atoms with van der Waals surface area (Å²) in [5, 5.41) is 3.27. The summed E-state index contributed by atoms with van der Waals surface area (Å²) in [4.78, 5) is 40.4. The van der Waals surface area contributed by atoms with Gasteiger partial charge >= 0.3 is 6.09 Å². The number of amides is 3. The van der Waals surface area contributed by atoms with Crippen molar-refractivity contribution in [2.75, 3.05) is 0 Å². The molecule has 0 saturated carbocycles. The minimum absolute atomic E-state index is 0.120. The van der Waals surface area contributed by atoms with E-state index >= 15 is 0 Å². The number of alkyl carbamates (subject to hydrolysis) is 1. The molecule has 158 valence electrons. The zero-order valence-electron chi connectivity index (χ0n) is 17.3. The summed E-state index contributed by atoms with van der Waals surface area (Å²) in [6.07, 6.45) is 4.14. The van der Waals surface area contributed by atoms with Crippen LogP contribution in [0.3, 0.4) is 0 Å². The number of benzene rings is 2. The Morgan fingerprint density at radius 1 is 1.16 bits per heavy atom. The highest BCUT2D eigenvalue weighted by Crippen LogP contribution is 2.37. The van der Waals surface area contributed by atoms with Crippen LogP contribution in [0.2, 0.25) is 0 Å². The van der Waals surface area contributed by atoms with E-state index in [0.717, 1.165) is 5.39 Å². The average molecular weight is 420 g/mol. The lowest BCUT2D eigenvalue weighted by atomic mass is 9.71. The fourth-order valence-corrected chi connectivity index (χ4v) is 3.83. The first kappa shape index (κ1) is 20.7. The Morgan fingerprint density at radius 3 is 2.58 bits per heavy atom. The summed E-state index contributed by atoms with van der Waals surface area (Å²) in [6, 6.07) is 10.1. The molecule has 6 nitrogen and oxygen atoms in total. The molecule has 0 aliphatic carbocycles. The first-order valence-corrected chi connectivity index (χ1v) is 9.88. The highest BCUT2D eigenvalue weighted by atomic mass is 19.1. The van der Waals surface area contributed by atoms with Crippen molar-refractivity contribution >= 4 is 34.4 Å². The number of allylic oxidation sites excluding steroid dienone is 2. The number of ether oxygens (including phenoxy) is 1. The number of fused-ring (bicyclic) bond motifs is 1. The minimum atomic E-state index is -0.835. The summed E-state index contributed by atoms with van der Waals surface area (Å²) in [6.45, 7) is 5.78. The van der Waals surface area contributed by atoms with E-state index in [9.17, 15) is 18.8 Å². The quantitative estimate of drug-likeness (QED) is 0.751. The Labute approximate surface area is 178 Å². The molecule has 2 aliphatic rings. The van der Waals surface area contributed by atoms with Crippen LogP contribution < -0.4 is 5.32 Å². The number of imide groups is 1. The van der Waals surface area contributed by atoms with Crippen molar-refractivity contribution in [3.63, 3.8) is 0 Å². The van der Waals surface area contributed by atoms with Crippen LogP contribution in [0.25, 0.3) is 10.8 Å². The highest BCUT2D eigenvalue weighted by Gasteiger charge is 2.38. The summed E-state index contributed by atoms with van der Waals surface area (Å²) in [5.74, 6) is -2.55. The van der Waals surface area contributed by atoms with Crippen molar-refractivity contribution in [2.24, 2.45) is 22.2 Å². The number of rotatable bonds is 3. The maximum Gasteiger partial charge on any atom is 0.419 e. The van der Waals surface area contributed by atoms with E-state index in [2.05, 4.69) is 10.3 Å². The molecule has 31 heavy (non-hydrogen) atoms. The number of dihydropyridines is 1. The lowest BCUT2D eigenvalue weighted by molar-refractivity contribution is -0.122. The van der Waals surface area contributed by atoms with Crippen molar-refractivity contribution in [3.05, 3.63) is 71.8 Å². The van der Waals surface area contributed by atoms with Gasteiger partial charge in [-0.2, -0.15) is 0 Å². The van der Waals surface area contributed by atoms with Gasteiger partial charge < -0.3 is 4.74 Å². The second-order valence-electron chi connectivity index (χ2n) is 8.66. The number of carbonyl (C=O) groups excluding carboxylic acids is 3. The second-order valence-corrected chi connectivity index (χ2v) is 8.66. The second kappa shape index (κ2) is 7.58. The molecule has 4 rings (SSSR count). The number of cyclic esters (lactones) is 1. The van der Waals surface area contributed by atoms with Crippen molar-refractivity contribution in [1.29, 1.82) is 0 Å². The van der Waals surface area contributed by atoms with E-state index in [1.807, 2.05) is 26.8 Å². The molecule has 3 amide bonds. The van der Waals surface area contributed by atoms with Gasteiger partial charge in [0.25, 0.3) is 11.8 Å². The summed E-state index contributed by atoms with van der Waals surface area (Å²) in [5.41, 5.74) is 0.652. The van der Waals surface area contributed by atoms with Gasteiger partial charge in [-0.1, -0.05) is 51.1 Å². The molecule has 7 heteroatoms. The monoisotopic (exact) mass is 420 g/mol. The van der Waals surface area contributed by atoms with Crippen molar-refractivity contribution in [1.82, 2.24) is 5.32 Å². The topological polar surface area (TPSA) is 84.8 Å². The number of nitrogens with zero attached hydrogens (tertiary/aromatic N) is 1. The maximum atomic E-state index is 14.2. The van der Waals surface area contributed by atoms with Crippen LogP contribution in [0.5, 0.6) is 0 Å². The minimum Gasteiger partial charge on any atom is -0.404 e. The number of hydrogen-bond acceptors (Lipinski definition) is 4. The van der Waals surface area contributed by atoms with Crippen LogP contribution in [0, 0.1) is 23.1 Å². The van der Waals surface area contributed by atoms with Crippen LogP contribution in [0.4, 0.5) is 9.18 Å². The maximum absolute atomic E-state index is 14.2. The molecule has 2 aromatic carbocycles. The molecule has 2 aromatic rings. The van der Waals surface area contributed by atoms with Gasteiger partial charge in [0.05, 0.1) is 11.6 Å². The molecule has 0 spiro atoms. The van der Waals surface area contributed by atoms with Crippen LogP contribution in [-0.2, 0) is 14.3 Å². The number of hydrogen-bond donors (Lipinski definition) is 1. The van der Waals surface area contributed by atoms with E-state index in [4.69, 9.17) is 4.74 Å². The van der Waals surface area contributed by atoms with E-state index < -0.39 is 29.3 Å². The first-order chi connectivity index (χ1) is 14.6. The SMILES string of the molecule is CC(C)(C)C(/C=C1/OC(=O)NC1=O)C1C=CC(c2ccc3cccc(F)c3c2)=NC1=O. The molecular formula is C24H21FN2O4. The van der Waals surface area contributed by atoms with Crippen LogP contribution in [0.1, 0.15) is 26.3 Å². The van der Waals surface area contributed by atoms with Crippen LogP contribution >= 0.6 is 0 Å². The third kappa shape index (κ3) is 4.03. The van der Waals surface area contributed by atoms with Crippen LogP contribution in [-0.4, -0.2) is 23.6 Å². The fourth-order valence-electron chi connectivity index (χ4n) is 3.83. The summed E-state index contributed by atoms with van der Waals surface area (Å²) in [7, 11) is 0. The predicted molar refractivity (Wildman–Crippen MR) is 114 cm³/mol. The van der Waals surface area contributed by atoms with Gasteiger partial charge in [-0.3, -0.25) is 14.9 Å². The van der Waals surface area contributed by atoms with Gasteiger partial charge in [-0.15, -0.1) is 0 Å². The molecule has 2 heterocycles. The molecule has 2 aliphatic heterocycles. The van der Waals surface area contributed by atoms with Gasteiger partial charge in [0.15, 0.2) is 5.76 Å². The lowest BCUT2D eigenvalue weighted by Gasteiger charge is -2.33. The normalized spacial score (nSPS) is 21.3. The fraction of sp³-hybridized carbons (Fsp3) is 0.250. The molecule has 0 bridgehead atoms. The zero-order valence-corrected chi connectivity index (χ0v) is 17.3. The predicted octanol–water partition coefficient (Wildman–Crippen LogP) is 4.29. The summed E-state index contributed by atoms with van der Waals surface area (Å²) >= 11 is 0. The van der Waals surface area contributed by atoms with E-state index in [-0.39, 0.29) is 17.5 Å². The zero-order chi connectivity index (χ0) is 22.3. The summed E-state index contributed by atoms with van der Waals surface area (Å²) < 4.78 is 19.1. The molecule has 0 radical (unpaired) electrons. The van der Waals surface area contributed by atoms with Gasteiger partial charge in [-0.05, 0) is 35.1 Å². The third-order valence-electron chi connectivity index (χ3n) is 5.46. The molecule has 0 aromatic heterocycles. The van der Waals surface area contributed by atoms with E-state index in [0.29, 0.717) is 16.7 Å². The van der Waals surface area contributed by atoms with Gasteiger partial charge in [0.2, 0.25) is 0 Å². The van der Waals surface area contributed by atoms with E-state index in [1.165, 1.54) is 12.1 Å². The first-order valence-electron chi connectivity index (χ1n) is 9.88. The van der Waals surface area contributed by atoms with Crippen molar-refractivity contribution < 1.29 is 23.5 Å². The van der Waals surface area contributed by atoms with Crippen molar-refractivity contribution in [3.8, 4) is 0 Å². The lowest BCUT2D eigenvalue weighted by Crippen LogP contribution is -2.33. The van der Waals surface area contributed by atoms with Crippen LogP contribution in [0.15, 0.2) is 65.4 Å². The third-order valence-corrected chi connectivity index (χ3v) is 5.46. The largest absolute Gasteiger partial charge is 0.419 e. The Kier molecular flexibility index (Phi) is 5.05. The molecular weight excluding hydrogens is 399 g/mol. The molecule has 1 saturated heterocycles.